The van der Waals surface area contributed by atoms with Gasteiger partial charge in [0.1, 0.15) is 6.61 Å². The lowest BCUT2D eigenvalue weighted by Gasteiger charge is -2.33. The number of methoxy groups -OCH3 is 1. The SMILES string of the molecule is COCCCOCCOC(=O)C1(CN)CCOCC1. The lowest BCUT2D eigenvalue weighted by Crippen LogP contribution is -2.44. The maximum Gasteiger partial charge on any atom is 0.313 e. The van der Waals surface area contributed by atoms with Crippen molar-refractivity contribution in [2.24, 2.45) is 11.1 Å². The minimum Gasteiger partial charge on any atom is -0.463 e. The van der Waals surface area contributed by atoms with Gasteiger partial charge in [-0.15, -0.1) is 0 Å². The highest BCUT2D eigenvalue weighted by atomic mass is 16.6. The zero-order valence-electron chi connectivity index (χ0n) is 11.7. The summed E-state index contributed by atoms with van der Waals surface area (Å²) >= 11 is 0. The Balaban J connectivity index is 2.15. The first-order chi connectivity index (χ1) is 9.25. The Morgan fingerprint density at radius 3 is 2.58 bits per heavy atom. The van der Waals surface area contributed by atoms with E-state index in [1.165, 1.54) is 0 Å². The number of carbonyl (C=O) groups is 1. The molecule has 1 rings (SSSR count). The second-order valence-corrected chi connectivity index (χ2v) is 4.69. The third-order valence-corrected chi connectivity index (χ3v) is 3.37. The lowest BCUT2D eigenvalue weighted by atomic mass is 9.80. The highest BCUT2D eigenvalue weighted by molar-refractivity contribution is 5.77. The van der Waals surface area contributed by atoms with E-state index in [1.54, 1.807) is 7.11 Å². The number of nitrogens with two attached hydrogens (primary N) is 1. The summed E-state index contributed by atoms with van der Waals surface area (Å²) in [7, 11) is 1.65. The molecule has 0 unspecified atom stereocenters. The largest absolute Gasteiger partial charge is 0.463 e. The van der Waals surface area contributed by atoms with Crippen molar-refractivity contribution in [1.29, 1.82) is 0 Å². The molecule has 1 aliphatic heterocycles. The maximum atomic E-state index is 12.1. The molecule has 0 saturated carbocycles. The average molecular weight is 275 g/mol. The number of hydrogen-bond acceptors (Lipinski definition) is 6. The zero-order chi connectivity index (χ0) is 14.0. The molecule has 1 saturated heterocycles. The van der Waals surface area contributed by atoms with Crippen molar-refractivity contribution in [1.82, 2.24) is 0 Å². The summed E-state index contributed by atoms with van der Waals surface area (Å²) < 4.78 is 20.7. The van der Waals surface area contributed by atoms with Crippen LogP contribution < -0.4 is 5.73 Å². The molecular formula is C13H25NO5. The quantitative estimate of drug-likeness (QED) is 0.483. The van der Waals surface area contributed by atoms with E-state index in [-0.39, 0.29) is 12.6 Å². The molecule has 1 fully saturated rings. The van der Waals surface area contributed by atoms with Gasteiger partial charge in [-0.05, 0) is 19.3 Å². The number of hydrogen-bond donors (Lipinski definition) is 1. The predicted octanol–water partition coefficient (Wildman–Crippen LogP) is 0.338. The average Bonchev–Trinajstić information content (AvgIpc) is 2.46. The van der Waals surface area contributed by atoms with Gasteiger partial charge in [-0.1, -0.05) is 0 Å². The number of carbonyl (C=O) groups excluding carboxylic acids is 1. The van der Waals surface area contributed by atoms with Gasteiger partial charge in [-0.25, -0.2) is 0 Å². The van der Waals surface area contributed by atoms with E-state index in [4.69, 9.17) is 24.7 Å². The summed E-state index contributed by atoms with van der Waals surface area (Å²) in [6, 6.07) is 0. The van der Waals surface area contributed by atoms with Crippen LogP contribution >= 0.6 is 0 Å². The van der Waals surface area contributed by atoms with Gasteiger partial charge in [0, 0.05) is 40.1 Å². The minimum atomic E-state index is -0.561. The molecule has 6 heteroatoms. The molecule has 2 N–H and O–H groups in total. The summed E-state index contributed by atoms with van der Waals surface area (Å²) in [6.07, 6.45) is 2.11. The summed E-state index contributed by atoms with van der Waals surface area (Å²) in [5, 5.41) is 0. The smallest absolute Gasteiger partial charge is 0.313 e. The number of rotatable bonds is 9. The van der Waals surface area contributed by atoms with E-state index in [1.807, 2.05) is 0 Å². The fourth-order valence-corrected chi connectivity index (χ4v) is 2.01. The fourth-order valence-electron chi connectivity index (χ4n) is 2.01. The Morgan fingerprint density at radius 2 is 1.95 bits per heavy atom. The molecule has 19 heavy (non-hydrogen) atoms. The molecule has 0 radical (unpaired) electrons. The van der Waals surface area contributed by atoms with E-state index in [0.29, 0.717) is 52.4 Å². The third kappa shape index (κ3) is 5.44. The first-order valence-electron chi connectivity index (χ1n) is 6.77. The Hall–Kier alpha value is -0.690. The van der Waals surface area contributed by atoms with Crippen molar-refractivity contribution < 1.29 is 23.7 Å². The van der Waals surface area contributed by atoms with Gasteiger partial charge in [-0.2, -0.15) is 0 Å². The van der Waals surface area contributed by atoms with Crippen LogP contribution in [0.1, 0.15) is 19.3 Å². The van der Waals surface area contributed by atoms with Crippen LogP contribution in [0.25, 0.3) is 0 Å². The van der Waals surface area contributed by atoms with Crippen LogP contribution in [0.3, 0.4) is 0 Å². The standard InChI is InChI=1S/C13H25NO5/c1-16-5-2-6-17-9-10-19-12(15)13(11-14)3-7-18-8-4-13/h2-11,14H2,1H3. The van der Waals surface area contributed by atoms with Gasteiger partial charge in [-0.3, -0.25) is 4.79 Å². The van der Waals surface area contributed by atoms with Crippen LogP contribution in [0.5, 0.6) is 0 Å². The van der Waals surface area contributed by atoms with Crippen molar-refractivity contribution >= 4 is 5.97 Å². The molecule has 0 aromatic heterocycles. The molecule has 0 spiro atoms. The lowest BCUT2D eigenvalue weighted by molar-refractivity contribution is -0.162. The first kappa shape index (κ1) is 16.4. The number of ether oxygens (including phenoxy) is 4. The summed E-state index contributed by atoms with van der Waals surface area (Å²) in [5.74, 6) is -0.223. The topological polar surface area (TPSA) is 80.0 Å². The Labute approximate surface area is 114 Å². The third-order valence-electron chi connectivity index (χ3n) is 3.37. The summed E-state index contributed by atoms with van der Waals surface area (Å²) in [5.41, 5.74) is 5.16. The van der Waals surface area contributed by atoms with Crippen LogP contribution in [0, 0.1) is 5.41 Å². The van der Waals surface area contributed by atoms with Crippen molar-refractivity contribution in [3.63, 3.8) is 0 Å². The van der Waals surface area contributed by atoms with Crippen LogP contribution in [-0.2, 0) is 23.7 Å². The molecule has 112 valence electrons. The van der Waals surface area contributed by atoms with Crippen molar-refractivity contribution in [3.8, 4) is 0 Å². The van der Waals surface area contributed by atoms with E-state index in [0.717, 1.165) is 6.42 Å². The van der Waals surface area contributed by atoms with Crippen LogP contribution in [0.15, 0.2) is 0 Å². The van der Waals surface area contributed by atoms with Gasteiger partial charge >= 0.3 is 5.97 Å². The maximum absolute atomic E-state index is 12.1. The summed E-state index contributed by atoms with van der Waals surface area (Å²) in [6.45, 7) is 3.42. The minimum absolute atomic E-state index is 0.223. The van der Waals surface area contributed by atoms with Gasteiger partial charge < -0.3 is 24.7 Å². The fraction of sp³-hybridized carbons (Fsp3) is 0.923. The molecule has 0 aromatic rings. The Kier molecular flexibility index (Phi) is 7.97. The zero-order valence-corrected chi connectivity index (χ0v) is 11.7. The normalized spacial score (nSPS) is 18.2. The second kappa shape index (κ2) is 9.25. The van der Waals surface area contributed by atoms with Crippen LogP contribution in [-0.4, -0.2) is 59.3 Å². The molecule has 0 bridgehead atoms. The van der Waals surface area contributed by atoms with Gasteiger partial charge in [0.15, 0.2) is 0 Å². The predicted molar refractivity (Wildman–Crippen MR) is 69.8 cm³/mol. The van der Waals surface area contributed by atoms with Crippen molar-refractivity contribution in [3.05, 3.63) is 0 Å². The van der Waals surface area contributed by atoms with E-state index in [9.17, 15) is 4.79 Å². The van der Waals surface area contributed by atoms with Gasteiger partial charge in [0.25, 0.3) is 0 Å². The molecule has 1 aliphatic rings. The Bertz CT molecular complexity index is 253. The highest BCUT2D eigenvalue weighted by Gasteiger charge is 2.40. The summed E-state index contributed by atoms with van der Waals surface area (Å²) in [4.78, 5) is 12.1. The first-order valence-corrected chi connectivity index (χ1v) is 6.77. The molecule has 0 aliphatic carbocycles. The highest BCUT2D eigenvalue weighted by Crippen LogP contribution is 2.30. The van der Waals surface area contributed by atoms with Crippen molar-refractivity contribution in [2.75, 3.05) is 53.3 Å². The van der Waals surface area contributed by atoms with Crippen molar-refractivity contribution in [2.45, 2.75) is 19.3 Å². The van der Waals surface area contributed by atoms with Gasteiger partial charge in [0.05, 0.1) is 12.0 Å². The van der Waals surface area contributed by atoms with E-state index < -0.39 is 5.41 Å². The van der Waals surface area contributed by atoms with Crippen LogP contribution in [0.2, 0.25) is 0 Å². The van der Waals surface area contributed by atoms with Crippen LogP contribution in [0.4, 0.5) is 0 Å². The monoisotopic (exact) mass is 275 g/mol. The van der Waals surface area contributed by atoms with Gasteiger partial charge in [0.2, 0.25) is 0 Å². The van der Waals surface area contributed by atoms with E-state index >= 15 is 0 Å². The molecule has 6 nitrogen and oxygen atoms in total. The van der Waals surface area contributed by atoms with E-state index in [2.05, 4.69) is 0 Å². The molecule has 0 atom stereocenters. The molecule has 1 heterocycles. The molecule has 0 aromatic carbocycles. The number of esters is 1. The Morgan fingerprint density at radius 1 is 1.21 bits per heavy atom. The second-order valence-electron chi connectivity index (χ2n) is 4.69. The molecular weight excluding hydrogens is 250 g/mol. The molecule has 0 amide bonds.